The second-order valence-electron chi connectivity index (χ2n) is 3.47. The Bertz CT molecular complexity index is 393. The molecule has 0 saturated carbocycles. The van der Waals surface area contributed by atoms with Gasteiger partial charge in [-0.2, -0.15) is 0 Å². The minimum atomic E-state index is -0.0592. The van der Waals surface area contributed by atoms with Crippen LogP contribution in [0.25, 0.3) is 0 Å². The summed E-state index contributed by atoms with van der Waals surface area (Å²) in [4.78, 5) is 11.0. The number of para-hydroxylation sites is 1. The summed E-state index contributed by atoms with van der Waals surface area (Å²) in [6.07, 6.45) is 5.87. The first-order valence-corrected chi connectivity index (χ1v) is 5.23. The van der Waals surface area contributed by atoms with Gasteiger partial charge in [0.25, 0.3) is 0 Å². The van der Waals surface area contributed by atoms with Crippen LogP contribution in [-0.4, -0.2) is 12.5 Å². The van der Waals surface area contributed by atoms with Crippen molar-refractivity contribution in [2.24, 2.45) is 0 Å². The Balaban J connectivity index is 2.57. The predicted octanol–water partition coefficient (Wildman–Crippen LogP) is 1.76. The lowest BCUT2D eigenvalue weighted by atomic mass is 10.1. The number of amides is 1. The molecule has 1 aromatic rings. The molecule has 3 heteroatoms. The number of benzene rings is 1. The summed E-state index contributed by atoms with van der Waals surface area (Å²) in [5, 5.41) is 6.02. The molecule has 0 atom stereocenters. The number of hydrogen-bond acceptors (Lipinski definition) is 2. The van der Waals surface area contributed by atoms with Gasteiger partial charge in [0.05, 0.1) is 0 Å². The first kappa shape index (κ1) is 12.3. The Morgan fingerprint density at radius 2 is 2.19 bits per heavy atom. The molecule has 0 saturated heterocycles. The summed E-state index contributed by atoms with van der Waals surface area (Å²) in [7, 11) is 0. The van der Waals surface area contributed by atoms with E-state index in [1.807, 2.05) is 24.3 Å². The molecule has 1 amide bonds. The maximum atomic E-state index is 11.0. The molecule has 0 spiro atoms. The quantitative estimate of drug-likeness (QED) is 0.581. The standard InChI is InChI=1S/C13H16N2O/c1-3-4-9-14-10-12-7-5-6-8-13(12)15-11(2)16/h1,5-8,14H,4,9-10H2,2H3,(H,15,16). The van der Waals surface area contributed by atoms with E-state index in [1.54, 1.807) is 0 Å². The van der Waals surface area contributed by atoms with Crippen molar-refractivity contribution in [3.05, 3.63) is 29.8 Å². The molecule has 84 valence electrons. The first-order chi connectivity index (χ1) is 7.74. The van der Waals surface area contributed by atoms with Crippen LogP contribution >= 0.6 is 0 Å². The summed E-state index contributed by atoms with van der Waals surface area (Å²) in [6.45, 7) is 2.99. The smallest absolute Gasteiger partial charge is 0.221 e. The van der Waals surface area contributed by atoms with Gasteiger partial charge in [0.1, 0.15) is 0 Å². The Morgan fingerprint density at radius 1 is 1.44 bits per heavy atom. The summed E-state index contributed by atoms with van der Waals surface area (Å²) in [6, 6.07) is 7.72. The van der Waals surface area contributed by atoms with Gasteiger partial charge in [0.2, 0.25) is 5.91 Å². The maximum Gasteiger partial charge on any atom is 0.221 e. The zero-order valence-electron chi connectivity index (χ0n) is 9.42. The van der Waals surface area contributed by atoms with Gasteiger partial charge in [0, 0.05) is 32.1 Å². The molecule has 1 rings (SSSR count). The van der Waals surface area contributed by atoms with Crippen LogP contribution in [0.15, 0.2) is 24.3 Å². The number of hydrogen-bond donors (Lipinski definition) is 2. The Labute approximate surface area is 96.2 Å². The van der Waals surface area contributed by atoms with Gasteiger partial charge in [0.15, 0.2) is 0 Å². The molecule has 3 nitrogen and oxygen atoms in total. The van der Waals surface area contributed by atoms with Crippen molar-refractivity contribution in [3.8, 4) is 12.3 Å². The third-order valence-electron chi connectivity index (χ3n) is 2.09. The number of carbonyl (C=O) groups excluding carboxylic acids is 1. The molecule has 2 N–H and O–H groups in total. The Morgan fingerprint density at radius 3 is 2.88 bits per heavy atom. The normalized spacial score (nSPS) is 9.50. The van der Waals surface area contributed by atoms with Gasteiger partial charge >= 0.3 is 0 Å². The van der Waals surface area contributed by atoms with Crippen LogP contribution in [0.3, 0.4) is 0 Å². The van der Waals surface area contributed by atoms with Crippen LogP contribution in [0.4, 0.5) is 5.69 Å². The minimum absolute atomic E-state index is 0.0592. The molecule has 0 bridgehead atoms. The van der Waals surface area contributed by atoms with Crippen molar-refractivity contribution in [1.82, 2.24) is 5.32 Å². The molecule has 0 aliphatic carbocycles. The average Bonchev–Trinajstić information content (AvgIpc) is 2.26. The average molecular weight is 216 g/mol. The minimum Gasteiger partial charge on any atom is -0.326 e. The number of terminal acetylenes is 1. The predicted molar refractivity (Wildman–Crippen MR) is 65.9 cm³/mol. The van der Waals surface area contributed by atoms with E-state index in [9.17, 15) is 4.79 Å². The highest BCUT2D eigenvalue weighted by Gasteiger charge is 2.01. The van der Waals surface area contributed by atoms with Crippen molar-refractivity contribution in [3.63, 3.8) is 0 Å². The van der Waals surface area contributed by atoms with E-state index < -0.39 is 0 Å². The number of rotatable bonds is 5. The SMILES string of the molecule is C#CCCNCc1ccccc1NC(C)=O. The fourth-order valence-electron chi connectivity index (χ4n) is 1.37. The lowest BCUT2D eigenvalue weighted by Crippen LogP contribution is -2.16. The Hall–Kier alpha value is -1.79. The molecule has 0 aliphatic rings. The topological polar surface area (TPSA) is 41.1 Å². The molecule has 0 fully saturated rings. The van der Waals surface area contributed by atoms with E-state index in [0.717, 1.165) is 17.8 Å². The molecular formula is C13H16N2O. The van der Waals surface area contributed by atoms with Crippen LogP contribution in [0, 0.1) is 12.3 Å². The zero-order chi connectivity index (χ0) is 11.8. The van der Waals surface area contributed by atoms with E-state index in [0.29, 0.717) is 13.0 Å². The second-order valence-corrected chi connectivity index (χ2v) is 3.47. The fourth-order valence-corrected chi connectivity index (χ4v) is 1.37. The highest BCUT2D eigenvalue weighted by Crippen LogP contribution is 2.14. The molecule has 0 aromatic heterocycles. The first-order valence-electron chi connectivity index (χ1n) is 5.23. The van der Waals surface area contributed by atoms with Gasteiger partial charge < -0.3 is 10.6 Å². The molecule has 0 heterocycles. The maximum absolute atomic E-state index is 11.0. The van der Waals surface area contributed by atoms with Crippen molar-refractivity contribution in [2.45, 2.75) is 19.9 Å². The number of anilines is 1. The van der Waals surface area contributed by atoms with Crippen LogP contribution in [0.2, 0.25) is 0 Å². The van der Waals surface area contributed by atoms with Gasteiger partial charge in [-0.25, -0.2) is 0 Å². The van der Waals surface area contributed by atoms with E-state index in [2.05, 4.69) is 16.6 Å². The molecule has 1 aromatic carbocycles. The van der Waals surface area contributed by atoms with Gasteiger partial charge in [-0.1, -0.05) is 18.2 Å². The van der Waals surface area contributed by atoms with E-state index >= 15 is 0 Å². The third-order valence-corrected chi connectivity index (χ3v) is 2.09. The second kappa shape index (κ2) is 6.65. The largest absolute Gasteiger partial charge is 0.326 e. The number of nitrogens with one attached hydrogen (secondary N) is 2. The van der Waals surface area contributed by atoms with Crippen molar-refractivity contribution < 1.29 is 4.79 Å². The van der Waals surface area contributed by atoms with E-state index in [-0.39, 0.29) is 5.91 Å². The molecule has 16 heavy (non-hydrogen) atoms. The van der Waals surface area contributed by atoms with Crippen molar-refractivity contribution >= 4 is 11.6 Å². The summed E-state index contributed by atoms with van der Waals surface area (Å²) in [5.41, 5.74) is 1.91. The van der Waals surface area contributed by atoms with Gasteiger partial charge in [-0.3, -0.25) is 4.79 Å². The Kier molecular flexibility index (Phi) is 5.10. The lowest BCUT2D eigenvalue weighted by Gasteiger charge is -2.10. The fraction of sp³-hybridized carbons (Fsp3) is 0.308. The van der Waals surface area contributed by atoms with Crippen LogP contribution in [0.1, 0.15) is 18.9 Å². The summed E-state index contributed by atoms with van der Waals surface area (Å²) in [5.74, 6) is 2.51. The van der Waals surface area contributed by atoms with Crippen molar-refractivity contribution in [2.75, 3.05) is 11.9 Å². The van der Waals surface area contributed by atoms with Crippen LogP contribution in [-0.2, 0) is 11.3 Å². The van der Waals surface area contributed by atoms with Crippen LogP contribution < -0.4 is 10.6 Å². The molecular weight excluding hydrogens is 200 g/mol. The molecule has 0 radical (unpaired) electrons. The molecule has 0 unspecified atom stereocenters. The monoisotopic (exact) mass is 216 g/mol. The lowest BCUT2D eigenvalue weighted by molar-refractivity contribution is -0.114. The third kappa shape index (κ3) is 4.16. The van der Waals surface area contributed by atoms with E-state index in [4.69, 9.17) is 6.42 Å². The summed E-state index contributed by atoms with van der Waals surface area (Å²) >= 11 is 0. The van der Waals surface area contributed by atoms with Crippen molar-refractivity contribution in [1.29, 1.82) is 0 Å². The number of carbonyl (C=O) groups is 1. The summed E-state index contributed by atoms with van der Waals surface area (Å²) < 4.78 is 0. The zero-order valence-corrected chi connectivity index (χ0v) is 9.42. The molecule has 0 aliphatic heterocycles. The highest BCUT2D eigenvalue weighted by atomic mass is 16.1. The van der Waals surface area contributed by atoms with Gasteiger partial charge in [-0.15, -0.1) is 12.3 Å². The van der Waals surface area contributed by atoms with E-state index in [1.165, 1.54) is 6.92 Å². The highest BCUT2D eigenvalue weighted by molar-refractivity contribution is 5.89. The van der Waals surface area contributed by atoms with Gasteiger partial charge in [-0.05, 0) is 11.6 Å². The van der Waals surface area contributed by atoms with Crippen LogP contribution in [0.5, 0.6) is 0 Å².